The summed E-state index contributed by atoms with van der Waals surface area (Å²) in [6, 6.07) is 28.8. The smallest absolute Gasteiger partial charge is 0.212 e. The number of hydrogen-bond acceptors (Lipinski definition) is 2. The normalized spacial score (nSPS) is 10.4. The van der Waals surface area contributed by atoms with Crippen LogP contribution >= 0.6 is 0 Å². The number of ketones is 1. The van der Waals surface area contributed by atoms with E-state index in [0.717, 1.165) is 17.8 Å². The Kier molecular flexibility index (Phi) is 9.49. The van der Waals surface area contributed by atoms with Crippen molar-refractivity contribution >= 4 is 22.4 Å². The van der Waals surface area contributed by atoms with Crippen LogP contribution < -0.4 is 21.9 Å². The number of unbranched alkanes of at least 4 members (excludes halogenated alkanes) is 1. The van der Waals surface area contributed by atoms with E-state index < -0.39 is 0 Å². The van der Waals surface area contributed by atoms with Crippen molar-refractivity contribution in [3.05, 3.63) is 90.5 Å². The highest BCUT2D eigenvalue weighted by Crippen LogP contribution is 2.25. The lowest BCUT2D eigenvalue weighted by Gasteiger charge is -2.19. The number of halogens is 1. The van der Waals surface area contributed by atoms with Gasteiger partial charge < -0.3 is 21.9 Å². The zero-order valence-electron chi connectivity index (χ0n) is 17.1. The van der Waals surface area contributed by atoms with E-state index in [1.165, 1.54) is 22.6 Å². The fraction of sp³-hybridized carbons (Fsp3) is 0.240. The molecule has 3 aromatic rings. The summed E-state index contributed by atoms with van der Waals surface area (Å²) in [5, 5.41) is 0. The maximum absolute atomic E-state index is 13.0. The quantitative estimate of drug-likeness (QED) is 0.354. The van der Waals surface area contributed by atoms with Crippen molar-refractivity contribution < 1.29 is 21.8 Å². The van der Waals surface area contributed by atoms with Gasteiger partial charge in [0, 0.05) is 24.8 Å². The molecule has 0 aromatic heterocycles. The summed E-state index contributed by atoms with van der Waals surface area (Å²) in [7, 11) is 1.85. The molecule has 0 radical (unpaired) electrons. The monoisotopic (exact) mass is 469 g/mol. The van der Waals surface area contributed by atoms with Crippen LogP contribution in [0.5, 0.6) is 0 Å². The first-order chi connectivity index (χ1) is 13.7. The minimum absolute atomic E-state index is 0. The minimum Gasteiger partial charge on any atom is -1.00 e. The molecule has 152 valence electrons. The Bertz CT molecular complexity index is 829. The Hall–Kier alpha value is -2.04. The number of carbonyl (C=O) groups excluding carboxylic acids is 1. The molecule has 0 spiro atoms. The van der Waals surface area contributed by atoms with Gasteiger partial charge in [0.2, 0.25) is 5.78 Å². The highest BCUT2D eigenvalue weighted by atomic mass is 79.9. The first kappa shape index (κ1) is 23.2. The number of carbonyl (C=O) groups is 1. The zero-order chi connectivity index (χ0) is 19.8. The van der Waals surface area contributed by atoms with Gasteiger partial charge in [0.1, 0.15) is 0 Å². The van der Waals surface area contributed by atoms with Crippen molar-refractivity contribution in [1.82, 2.24) is 0 Å². The molecular formula is C25H28BrNOS. The molecule has 0 heterocycles. The molecule has 0 aliphatic rings. The summed E-state index contributed by atoms with van der Waals surface area (Å²) in [4.78, 5) is 17.7. The fourth-order valence-corrected chi connectivity index (χ4v) is 5.12. The largest absolute Gasteiger partial charge is 1.00 e. The molecule has 0 saturated carbocycles. The molecule has 0 amide bonds. The standard InChI is InChI=1S/C25H28NOS.BrH/c1-3-4-19-26(2)22-17-15-21(16-18-22)25(27)20-28(23-11-7-5-8-12-23)24-13-9-6-10-14-24;/h5-18H,3-4,19-20H2,1-2H3;1H/q+1;/p-1. The topological polar surface area (TPSA) is 20.3 Å². The van der Waals surface area contributed by atoms with Crippen LogP contribution in [0.1, 0.15) is 30.1 Å². The van der Waals surface area contributed by atoms with Gasteiger partial charge in [-0.25, -0.2) is 0 Å². The van der Waals surface area contributed by atoms with Gasteiger partial charge in [-0.3, -0.25) is 4.79 Å². The molecule has 0 bridgehead atoms. The van der Waals surface area contributed by atoms with Gasteiger partial charge in [-0.2, -0.15) is 0 Å². The van der Waals surface area contributed by atoms with E-state index in [0.29, 0.717) is 5.75 Å². The maximum atomic E-state index is 13.0. The predicted octanol–water partition coefficient (Wildman–Crippen LogP) is 2.85. The third-order valence-corrected chi connectivity index (χ3v) is 7.04. The molecule has 0 atom stereocenters. The Labute approximate surface area is 188 Å². The summed E-state index contributed by atoms with van der Waals surface area (Å²) in [6.07, 6.45) is 2.36. The van der Waals surface area contributed by atoms with E-state index in [9.17, 15) is 4.79 Å². The van der Waals surface area contributed by atoms with E-state index in [2.05, 4.69) is 55.3 Å². The van der Waals surface area contributed by atoms with Crippen molar-refractivity contribution in [2.75, 3.05) is 24.2 Å². The van der Waals surface area contributed by atoms with Gasteiger partial charge in [0.05, 0.1) is 10.9 Å². The molecule has 0 unspecified atom stereocenters. The maximum Gasteiger partial charge on any atom is 0.212 e. The molecule has 0 N–H and O–H groups in total. The highest BCUT2D eigenvalue weighted by Gasteiger charge is 2.28. The molecule has 2 nitrogen and oxygen atoms in total. The molecule has 0 saturated heterocycles. The second-order valence-corrected chi connectivity index (χ2v) is 8.92. The second kappa shape index (κ2) is 11.8. The third-order valence-electron chi connectivity index (χ3n) is 4.81. The van der Waals surface area contributed by atoms with Crippen molar-refractivity contribution in [1.29, 1.82) is 0 Å². The molecule has 0 aliphatic heterocycles. The molecule has 3 aromatic carbocycles. The van der Waals surface area contributed by atoms with Crippen LogP contribution in [0.15, 0.2) is 94.7 Å². The Balaban J connectivity index is 0.00000300. The van der Waals surface area contributed by atoms with Crippen LogP contribution in [0.4, 0.5) is 5.69 Å². The number of Topliss-reactive ketones (excluding diaryl/α,β-unsaturated/α-hetero) is 1. The predicted molar refractivity (Wildman–Crippen MR) is 121 cm³/mol. The molecular weight excluding hydrogens is 442 g/mol. The van der Waals surface area contributed by atoms with Crippen LogP contribution in [-0.4, -0.2) is 25.1 Å². The van der Waals surface area contributed by atoms with Crippen LogP contribution in [0.2, 0.25) is 0 Å². The van der Waals surface area contributed by atoms with Gasteiger partial charge >= 0.3 is 0 Å². The Morgan fingerprint density at radius 2 is 1.34 bits per heavy atom. The SMILES string of the molecule is CCCCN(C)c1ccc(C(=O)C[S+](c2ccccc2)c2ccccc2)cc1.[Br-]. The van der Waals surface area contributed by atoms with Gasteiger partial charge in [-0.05, 0) is 55.0 Å². The summed E-state index contributed by atoms with van der Waals surface area (Å²) in [5.74, 6) is 0.692. The molecule has 4 heteroatoms. The van der Waals surface area contributed by atoms with Crippen molar-refractivity contribution in [3.8, 4) is 0 Å². The van der Waals surface area contributed by atoms with Gasteiger partial charge in [-0.15, -0.1) is 0 Å². The van der Waals surface area contributed by atoms with Gasteiger partial charge in [0.15, 0.2) is 15.5 Å². The first-order valence-corrected chi connectivity index (χ1v) is 11.2. The molecule has 0 fully saturated rings. The molecule has 0 aliphatic carbocycles. The lowest BCUT2D eigenvalue weighted by Crippen LogP contribution is -3.00. The van der Waals surface area contributed by atoms with Crippen molar-refractivity contribution in [3.63, 3.8) is 0 Å². The number of nitrogens with zero attached hydrogens (tertiary/aromatic N) is 1. The lowest BCUT2D eigenvalue weighted by atomic mass is 10.1. The van der Waals surface area contributed by atoms with E-state index in [1.54, 1.807) is 0 Å². The first-order valence-electron chi connectivity index (χ1n) is 9.84. The summed E-state index contributed by atoms with van der Waals surface area (Å²) in [5.41, 5.74) is 1.95. The number of anilines is 1. The van der Waals surface area contributed by atoms with E-state index in [4.69, 9.17) is 0 Å². The zero-order valence-corrected chi connectivity index (χ0v) is 19.5. The molecule has 3 rings (SSSR count). The van der Waals surface area contributed by atoms with Crippen LogP contribution in [0, 0.1) is 0 Å². The average Bonchev–Trinajstić information content (AvgIpc) is 2.77. The van der Waals surface area contributed by atoms with Crippen molar-refractivity contribution in [2.45, 2.75) is 29.6 Å². The van der Waals surface area contributed by atoms with Gasteiger partial charge in [0.25, 0.3) is 0 Å². The number of rotatable bonds is 9. The van der Waals surface area contributed by atoms with Crippen LogP contribution in [0.3, 0.4) is 0 Å². The minimum atomic E-state index is -0.260. The molecule has 29 heavy (non-hydrogen) atoms. The van der Waals surface area contributed by atoms with E-state index in [1.807, 2.05) is 48.5 Å². The van der Waals surface area contributed by atoms with E-state index >= 15 is 0 Å². The van der Waals surface area contributed by atoms with Crippen molar-refractivity contribution in [2.24, 2.45) is 0 Å². The van der Waals surface area contributed by atoms with Gasteiger partial charge in [-0.1, -0.05) is 49.7 Å². The summed E-state index contributed by atoms with van der Waals surface area (Å²) < 4.78 is 0. The van der Waals surface area contributed by atoms with Crippen LogP contribution in [-0.2, 0) is 10.9 Å². The number of benzene rings is 3. The average molecular weight is 470 g/mol. The second-order valence-electron chi connectivity index (χ2n) is 6.91. The highest BCUT2D eigenvalue weighted by molar-refractivity contribution is 7.97. The third kappa shape index (κ3) is 6.48. The fourth-order valence-electron chi connectivity index (χ4n) is 3.11. The Morgan fingerprint density at radius 1 is 0.828 bits per heavy atom. The van der Waals surface area contributed by atoms with Crippen LogP contribution in [0.25, 0.3) is 0 Å². The summed E-state index contributed by atoms with van der Waals surface area (Å²) >= 11 is 0. The van der Waals surface area contributed by atoms with E-state index in [-0.39, 0.29) is 33.7 Å². The lowest BCUT2D eigenvalue weighted by molar-refractivity contribution is -0.0000135. The Morgan fingerprint density at radius 3 is 1.83 bits per heavy atom. The summed E-state index contributed by atoms with van der Waals surface area (Å²) in [6.45, 7) is 3.24. The number of hydrogen-bond donors (Lipinski definition) is 0.